The van der Waals surface area contributed by atoms with E-state index >= 15 is 0 Å². The number of aromatic nitrogens is 2. The van der Waals surface area contributed by atoms with Gasteiger partial charge < -0.3 is 4.57 Å². The van der Waals surface area contributed by atoms with Gasteiger partial charge in [0, 0.05) is 52.0 Å². The average molecular weight is 434 g/mol. The van der Waals surface area contributed by atoms with Crippen LogP contribution in [0, 0.1) is 5.82 Å². The molecule has 5 nitrogen and oxygen atoms in total. The van der Waals surface area contributed by atoms with Crippen LogP contribution in [0.2, 0.25) is 0 Å². The van der Waals surface area contributed by atoms with E-state index in [-0.39, 0.29) is 22.3 Å². The zero-order valence-electron chi connectivity index (χ0n) is 16.8. The lowest BCUT2D eigenvalue weighted by Gasteiger charge is -2.34. The summed E-state index contributed by atoms with van der Waals surface area (Å²) in [4.78, 5) is 20.8. The molecule has 3 aromatic rings. The lowest BCUT2D eigenvalue weighted by Crippen LogP contribution is -2.47. The first-order chi connectivity index (χ1) is 14.8. The van der Waals surface area contributed by atoms with Crippen molar-refractivity contribution in [1.29, 1.82) is 0 Å². The molecule has 1 fully saturated rings. The van der Waals surface area contributed by atoms with E-state index < -0.39 is 11.9 Å². The van der Waals surface area contributed by atoms with Crippen molar-refractivity contribution in [3.8, 4) is 0 Å². The summed E-state index contributed by atoms with van der Waals surface area (Å²) < 4.78 is 53.0. The van der Waals surface area contributed by atoms with Gasteiger partial charge in [0.25, 0.3) is 5.56 Å². The molecule has 1 aromatic carbocycles. The monoisotopic (exact) mass is 434 g/mol. The third-order valence-corrected chi connectivity index (χ3v) is 5.56. The Kier molecular flexibility index (Phi) is 6.06. The molecule has 0 atom stereocenters. The largest absolute Gasteiger partial charge is 0.433 e. The van der Waals surface area contributed by atoms with Crippen molar-refractivity contribution in [3.63, 3.8) is 0 Å². The first kappa shape index (κ1) is 21.5. The fourth-order valence-corrected chi connectivity index (χ4v) is 3.77. The zero-order chi connectivity index (χ0) is 22.0. The quantitative estimate of drug-likeness (QED) is 0.578. The third kappa shape index (κ3) is 5.11. The number of hydrogen-bond acceptors (Lipinski definition) is 4. The molecule has 0 saturated carbocycles. The van der Waals surface area contributed by atoms with Crippen LogP contribution in [0.15, 0.2) is 53.5 Å². The van der Waals surface area contributed by atoms with Gasteiger partial charge in [-0.25, -0.2) is 9.37 Å². The van der Waals surface area contributed by atoms with Gasteiger partial charge in [-0.15, -0.1) is 0 Å². The molecule has 0 amide bonds. The second-order valence-corrected chi connectivity index (χ2v) is 7.69. The van der Waals surface area contributed by atoms with Crippen LogP contribution >= 0.6 is 0 Å². The van der Waals surface area contributed by atoms with Crippen LogP contribution in [-0.4, -0.2) is 52.1 Å². The van der Waals surface area contributed by atoms with E-state index in [1.54, 1.807) is 12.1 Å². The Bertz CT molecular complexity index is 1100. The van der Waals surface area contributed by atoms with Crippen LogP contribution in [0.25, 0.3) is 10.9 Å². The minimum Gasteiger partial charge on any atom is -0.314 e. The number of pyridine rings is 2. The summed E-state index contributed by atoms with van der Waals surface area (Å²) in [6.45, 7) is 5.32. The van der Waals surface area contributed by atoms with Crippen molar-refractivity contribution < 1.29 is 17.6 Å². The molecular weight excluding hydrogens is 412 g/mol. The Hall–Kier alpha value is -2.78. The summed E-state index contributed by atoms with van der Waals surface area (Å²) in [5, 5.41) is 0.180. The van der Waals surface area contributed by atoms with Crippen molar-refractivity contribution in [2.45, 2.75) is 19.3 Å². The lowest BCUT2D eigenvalue weighted by molar-refractivity contribution is -0.140. The van der Waals surface area contributed by atoms with Crippen LogP contribution in [0.1, 0.15) is 11.3 Å². The normalized spacial score (nSPS) is 16.1. The van der Waals surface area contributed by atoms with Crippen molar-refractivity contribution in [2.24, 2.45) is 0 Å². The van der Waals surface area contributed by atoms with Gasteiger partial charge >= 0.3 is 6.18 Å². The molecule has 3 heterocycles. The Morgan fingerprint density at radius 1 is 0.871 bits per heavy atom. The summed E-state index contributed by atoms with van der Waals surface area (Å²) in [5.74, 6) is -0.242. The molecule has 1 saturated heterocycles. The fourth-order valence-electron chi connectivity index (χ4n) is 3.77. The van der Waals surface area contributed by atoms with Gasteiger partial charge in [0.1, 0.15) is 11.5 Å². The first-order valence-corrected chi connectivity index (χ1v) is 10.1. The molecule has 31 heavy (non-hydrogen) atoms. The van der Waals surface area contributed by atoms with Crippen LogP contribution in [0.3, 0.4) is 0 Å². The van der Waals surface area contributed by atoms with E-state index in [4.69, 9.17) is 0 Å². The number of benzene rings is 1. The van der Waals surface area contributed by atoms with E-state index in [1.807, 2.05) is 0 Å². The Balaban J connectivity index is 1.34. The second-order valence-electron chi connectivity index (χ2n) is 7.69. The number of halogens is 4. The summed E-state index contributed by atoms with van der Waals surface area (Å²) in [7, 11) is 0. The molecular formula is C22H22F4N4O. The molecule has 9 heteroatoms. The van der Waals surface area contributed by atoms with Crippen molar-refractivity contribution >= 4 is 10.9 Å². The number of nitrogens with zero attached hydrogens (tertiary/aromatic N) is 4. The van der Waals surface area contributed by atoms with Gasteiger partial charge in [-0.3, -0.25) is 14.6 Å². The Morgan fingerprint density at radius 3 is 2.23 bits per heavy atom. The average Bonchev–Trinajstić information content (AvgIpc) is 2.75. The molecule has 0 bridgehead atoms. The molecule has 1 aliphatic heterocycles. The predicted octanol–water partition coefficient (Wildman–Crippen LogP) is 3.37. The molecule has 2 aromatic heterocycles. The highest BCUT2D eigenvalue weighted by Crippen LogP contribution is 2.28. The molecule has 0 N–H and O–H groups in total. The lowest BCUT2D eigenvalue weighted by atomic mass is 10.2. The van der Waals surface area contributed by atoms with E-state index in [1.165, 1.54) is 35.0 Å². The maximum absolute atomic E-state index is 13.0. The van der Waals surface area contributed by atoms with Crippen LogP contribution < -0.4 is 5.56 Å². The molecule has 0 unspecified atom stereocenters. The van der Waals surface area contributed by atoms with Crippen LogP contribution in [0.5, 0.6) is 0 Å². The van der Waals surface area contributed by atoms with E-state index in [0.717, 1.165) is 44.4 Å². The third-order valence-electron chi connectivity index (χ3n) is 5.56. The fraction of sp³-hybridized carbons (Fsp3) is 0.364. The number of fused-ring (bicyclic) bond motifs is 1. The highest BCUT2D eigenvalue weighted by molar-refractivity contribution is 5.77. The smallest absolute Gasteiger partial charge is 0.314 e. The molecule has 0 spiro atoms. The van der Waals surface area contributed by atoms with E-state index in [0.29, 0.717) is 13.1 Å². The number of hydrogen-bond donors (Lipinski definition) is 0. The Labute approximate surface area is 176 Å². The zero-order valence-corrected chi connectivity index (χ0v) is 16.8. The summed E-state index contributed by atoms with van der Waals surface area (Å²) in [6, 6.07) is 10.00. The second kappa shape index (κ2) is 8.76. The SMILES string of the molecule is O=c1c2ccc(C(F)(F)F)nc2ccn1CCN1CCN(Cc2ccc(F)cc2)CC1. The summed E-state index contributed by atoms with van der Waals surface area (Å²) in [5.41, 5.74) is -0.227. The highest BCUT2D eigenvalue weighted by atomic mass is 19.4. The van der Waals surface area contributed by atoms with E-state index in [2.05, 4.69) is 14.8 Å². The van der Waals surface area contributed by atoms with Crippen LogP contribution in [0.4, 0.5) is 17.6 Å². The maximum Gasteiger partial charge on any atom is 0.433 e. The molecule has 1 aliphatic rings. The minimum absolute atomic E-state index is 0.0467. The van der Waals surface area contributed by atoms with Gasteiger partial charge in [0.05, 0.1) is 10.9 Å². The predicted molar refractivity (Wildman–Crippen MR) is 109 cm³/mol. The van der Waals surface area contributed by atoms with Gasteiger partial charge in [-0.05, 0) is 35.9 Å². The standard InChI is InChI=1S/C22H22F4N4O/c23-17-3-1-16(2-4-17)15-29-11-9-28(10-12-29)13-14-30-8-7-19-18(21(30)31)5-6-20(27-19)22(24,25)26/h1-8H,9-15H2. The Morgan fingerprint density at radius 2 is 1.55 bits per heavy atom. The van der Waals surface area contributed by atoms with Gasteiger partial charge in [0.15, 0.2) is 0 Å². The van der Waals surface area contributed by atoms with Gasteiger partial charge in [-0.1, -0.05) is 12.1 Å². The summed E-state index contributed by atoms with van der Waals surface area (Å²) in [6.07, 6.45) is -3.04. The van der Waals surface area contributed by atoms with E-state index in [9.17, 15) is 22.4 Å². The first-order valence-electron chi connectivity index (χ1n) is 10.1. The molecule has 164 valence electrons. The van der Waals surface area contributed by atoms with Crippen molar-refractivity contribution in [2.75, 3.05) is 32.7 Å². The van der Waals surface area contributed by atoms with Gasteiger partial charge in [0.2, 0.25) is 0 Å². The number of rotatable bonds is 5. The maximum atomic E-state index is 13.0. The number of piperazine rings is 1. The van der Waals surface area contributed by atoms with Gasteiger partial charge in [-0.2, -0.15) is 13.2 Å². The van der Waals surface area contributed by atoms with Crippen molar-refractivity contribution in [3.05, 3.63) is 76.1 Å². The summed E-state index contributed by atoms with van der Waals surface area (Å²) >= 11 is 0. The van der Waals surface area contributed by atoms with Crippen LogP contribution in [-0.2, 0) is 19.3 Å². The topological polar surface area (TPSA) is 41.4 Å². The van der Waals surface area contributed by atoms with Crippen molar-refractivity contribution in [1.82, 2.24) is 19.4 Å². The molecule has 0 aliphatic carbocycles. The highest BCUT2D eigenvalue weighted by Gasteiger charge is 2.32. The minimum atomic E-state index is -4.54. The number of alkyl halides is 3. The molecule has 0 radical (unpaired) electrons. The molecule has 4 rings (SSSR count).